The zero-order valence-electron chi connectivity index (χ0n) is 10.3. The summed E-state index contributed by atoms with van der Waals surface area (Å²) < 4.78 is 13.2. The summed E-state index contributed by atoms with van der Waals surface area (Å²) >= 11 is 0. The maximum atomic E-state index is 13.2. The number of nitrogens with zero attached hydrogens (tertiary/aromatic N) is 2. The van der Waals surface area contributed by atoms with E-state index in [4.69, 9.17) is 5.26 Å². The highest BCUT2D eigenvalue weighted by atomic mass is 19.1. The summed E-state index contributed by atoms with van der Waals surface area (Å²) in [5, 5.41) is 9.14. The molecule has 3 heteroatoms. The molecule has 2 rings (SSSR count). The largest absolute Gasteiger partial charge is 0.343 e. The van der Waals surface area contributed by atoms with Crippen LogP contribution in [0.5, 0.6) is 0 Å². The lowest BCUT2D eigenvalue weighted by Gasteiger charge is -2.21. The molecule has 18 heavy (non-hydrogen) atoms. The third-order valence-electron chi connectivity index (χ3n) is 2.83. The fraction of sp³-hybridized carbons (Fsp3) is 0.133. The molecule has 0 bridgehead atoms. The molecule has 2 nitrogen and oxygen atoms in total. The first-order valence-electron chi connectivity index (χ1n) is 5.62. The Kier molecular flexibility index (Phi) is 3.29. The highest BCUT2D eigenvalue weighted by Crippen LogP contribution is 2.27. The molecule has 90 valence electrons. The van der Waals surface area contributed by atoms with E-state index < -0.39 is 0 Å². The maximum Gasteiger partial charge on any atom is 0.125 e. The number of benzene rings is 2. The number of anilines is 2. The molecular weight excluding hydrogens is 227 g/mol. The summed E-state index contributed by atoms with van der Waals surface area (Å²) in [6, 6.07) is 14.1. The molecule has 0 saturated heterocycles. The van der Waals surface area contributed by atoms with Crippen LogP contribution in [0.25, 0.3) is 0 Å². The van der Waals surface area contributed by atoms with Gasteiger partial charge in [0.2, 0.25) is 0 Å². The second-order valence-corrected chi connectivity index (χ2v) is 4.17. The average molecular weight is 240 g/mol. The van der Waals surface area contributed by atoms with Crippen LogP contribution in [0.1, 0.15) is 11.1 Å². The summed E-state index contributed by atoms with van der Waals surface area (Å²) in [5.74, 6) is -0.287. The molecule has 0 unspecified atom stereocenters. The van der Waals surface area contributed by atoms with E-state index in [1.807, 2.05) is 38.2 Å². The van der Waals surface area contributed by atoms with Gasteiger partial charge in [0.25, 0.3) is 0 Å². The van der Waals surface area contributed by atoms with E-state index in [1.165, 1.54) is 12.1 Å². The summed E-state index contributed by atoms with van der Waals surface area (Å²) in [5.41, 5.74) is 3.11. The Morgan fingerprint density at radius 3 is 2.61 bits per heavy atom. The highest BCUT2D eigenvalue weighted by molar-refractivity contribution is 5.69. The normalized spacial score (nSPS) is 9.89. The van der Waals surface area contributed by atoms with E-state index >= 15 is 0 Å². The molecule has 0 aliphatic heterocycles. The van der Waals surface area contributed by atoms with Gasteiger partial charge in [0, 0.05) is 12.7 Å². The maximum absolute atomic E-state index is 13.2. The van der Waals surface area contributed by atoms with E-state index in [9.17, 15) is 4.39 Å². The van der Waals surface area contributed by atoms with Crippen molar-refractivity contribution in [3.05, 3.63) is 59.4 Å². The molecular formula is C15H13FN2. The van der Waals surface area contributed by atoms with Gasteiger partial charge >= 0.3 is 0 Å². The predicted molar refractivity (Wildman–Crippen MR) is 70.4 cm³/mol. The van der Waals surface area contributed by atoms with Gasteiger partial charge in [-0.05, 0) is 42.8 Å². The van der Waals surface area contributed by atoms with Crippen LogP contribution in [-0.4, -0.2) is 7.05 Å². The molecule has 0 atom stereocenters. The van der Waals surface area contributed by atoms with Crippen molar-refractivity contribution in [2.75, 3.05) is 11.9 Å². The van der Waals surface area contributed by atoms with Gasteiger partial charge in [0.15, 0.2) is 0 Å². The van der Waals surface area contributed by atoms with Gasteiger partial charge in [-0.2, -0.15) is 5.26 Å². The SMILES string of the molecule is Cc1ccc(N(C)c2cccc(F)c2)c(C#N)c1. The number of nitriles is 1. The second kappa shape index (κ2) is 4.89. The van der Waals surface area contributed by atoms with Crippen molar-refractivity contribution >= 4 is 11.4 Å². The number of halogens is 1. The van der Waals surface area contributed by atoms with Crippen molar-refractivity contribution in [1.82, 2.24) is 0 Å². The highest BCUT2D eigenvalue weighted by Gasteiger charge is 2.09. The monoisotopic (exact) mass is 240 g/mol. The molecule has 0 aliphatic carbocycles. The predicted octanol–water partition coefficient (Wildman–Crippen LogP) is 3.77. The Labute approximate surface area is 106 Å². The van der Waals surface area contributed by atoms with Crippen LogP contribution in [0.3, 0.4) is 0 Å². The quantitative estimate of drug-likeness (QED) is 0.798. The van der Waals surface area contributed by atoms with Crippen LogP contribution in [0.4, 0.5) is 15.8 Å². The number of aryl methyl sites for hydroxylation is 1. The van der Waals surface area contributed by atoms with E-state index in [2.05, 4.69) is 6.07 Å². The van der Waals surface area contributed by atoms with Crippen molar-refractivity contribution in [3.63, 3.8) is 0 Å². The van der Waals surface area contributed by atoms with Crippen molar-refractivity contribution in [3.8, 4) is 6.07 Å². The second-order valence-electron chi connectivity index (χ2n) is 4.17. The van der Waals surface area contributed by atoms with Crippen LogP contribution in [0, 0.1) is 24.1 Å². The van der Waals surface area contributed by atoms with Gasteiger partial charge in [-0.1, -0.05) is 12.1 Å². The summed E-state index contributed by atoms with van der Waals surface area (Å²) in [7, 11) is 1.82. The molecule has 0 amide bonds. The lowest BCUT2D eigenvalue weighted by Crippen LogP contribution is -2.11. The minimum Gasteiger partial charge on any atom is -0.343 e. The minimum atomic E-state index is -0.287. The number of hydrogen-bond acceptors (Lipinski definition) is 2. The van der Waals surface area contributed by atoms with Crippen molar-refractivity contribution in [2.45, 2.75) is 6.92 Å². The van der Waals surface area contributed by atoms with Crippen LogP contribution in [0.2, 0.25) is 0 Å². The molecule has 2 aromatic rings. The molecule has 0 aliphatic rings. The van der Waals surface area contributed by atoms with Crippen molar-refractivity contribution in [2.24, 2.45) is 0 Å². The third-order valence-corrected chi connectivity index (χ3v) is 2.83. The van der Waals surface area contributed by atoms with Crippen LogP contribution in [-0.2, 0) is 0 Å². The van der Waals surface area contributed by atoms with E-state index in [1.54, 1.807) is 11.0 Å². The molecule has 0 fully saturated rings. The van der Waals surface area contributed by atoms with Crippen LogP contribution < -0.4 is 4.90 Å². The Hall–Kier alpha value is -2.34. The first-order valence-corrected chi connectivity index (χ1v) is 5.62. The number of hydrogen-bond donors (Lipinski definition) is 0. The topological polar surface area (TPSA) is 27.0 Å². The van der Waals surface area contributed by atoms with Gasteiger partial charge in [0.05, 0.1) is 11.3 Å². The van der Waals surface area contributed by atoms with E-state index in [-0.39, 0.29) is 5.82 Å². The van der Waals surface area contributed by atoms with Crippen molar-refractivity contribution < 1.29 is 4.39 Å². The minimum absolute atomic E-state index is 0.287. The Morgan fingerprint density at radius 1 is 1.17 bits per heavy atom. The Bertz CT molecular complexity index is 614. The fourth-order valence-corrected chi connectivity index (χ4v) is 1.86. The van der Waals surface area contributed by atoms with Gasteiger partial charge < -0.3 is 4.90 Å². The molecule has 0 heterocycles. The van der Waals surface area contributed by atoms with Gasteiger partial charge in [-0.25, -0.2) is 4.39 Å². The molecule has 2 aromatic carbocycles. The summed E-state index contributed by atoms with van der Waals surface area (Å²) in [4.78, 5) is 1.81. The average Bonchev–Trinajstić information content (AvgIpc) is 2.37. The Balaban J connectivity index is 2.46. The van der Waals surface area contributed by atoms with E-state index in [0.717, 1.165) is 16.9 Å². The first kappa shape index (κ1) is 12.1. The third kappa shape index (κ3) is 2.33. The summed E-state index contributed by atoms with van der Waals surface area (Å²) in [6.45, 7) is 1.94. The van der Waals surface area contributed by atoms with Crippen LogP contribution in [0.15, 0.2) is 42.5 Å². The van der Waals surface area contributed by atoms with E-state index in [0.29, 0.717) is 5.56 Å². The molecule has 0 spiro atoms. The van der Waals surface area contributed by atoms with Gasteiger partial charge in [-0.3, -0.25) is 0 Å². The zero-order chi connectivity index (χ0) is 13.1. The van der Waals surface area contributed by atoms with Crippen LogP contribution >= 0.6 is 0 Å². The lowest BCUT2D eigenvalue weighted by molar-refractivity contribution is 0.628. The molecule has 0 saturated carbocycles. The first-order chi connectivity index (χ1) is 8.61. The summed E-state index contributed by atoms with van der Waals surface area (Å²) in [6.07, 6.45) is 0. The number of rotatable bonds is 2. The fourth-order valence-electron chi connectivity index (χ4n) is 1.86. The van der Waals surface area contributed by atoms with Gasteiger partial charge in [0.1, 0.15) is 11.9 Å². The molecule has 0 N–H and O–H groups in total. The smallest absolute Gasteiger partial charge is 0.125 e. The standard InChI is InChI=1S/C15H13FN2/c1-11-6-7-15(12(8-11)10-17)18(2)14-5-3-4-13(16)9-14/h3-9H,1-2H3. The van der Waals surface area contributed by atoms with Crippen molar-refractivity contribution in [1.29, 1.82) is 5.26 Å². The zero-order valence-corrected chi connectivity index (χ0v) is 10.3. The van der Waals surface area contributed by atoms with Gasteiger partial charge in [-0.15, -0.1) is 0 Å². The molecule has 0 aromatic heterocycles. The lowest BCUT2D eigenvalue weighted by atomic mass is 10.1. The Morgan fingerprint density at radius 2 is 1.94 bits per heavy atom. The molecule has 0 radical (unpaired) electrons.